The summed E-state index contributed by atoms with van der Waals surface area (Å²) in [5.41, 5.74) is 0. The molecule has 90 valence electrons. The molecule has 0 aromatic heterocycles. The minimum atomic E-state index is 0.0887. The molecule has 0 amide bonds. The Bertz CT molecular complexity index is 146. The minimum Gasteiger partial charge on any atom is -0.381 e. The lowest BCUT2D eigenvalue weighted by Crippen LogP contribution is -2.06. The van der Waals surface area contributed by atoms with Crippen LogP contribution in [0, 0.1) is 0 Å². The molecule has 3 nitrogen and oxygen atoms in total. The summed E-state index contributed by atoms with van der Waals surface area (Å²) in [5, 5.41) is 0. The van der Waals surface area contributed by atoms with E-state index in [4.69, 9.17) is 9.47 Å². The maximum absolute atomic E-state index is 10.5. The highest BCUT2D eigenvalue weighted by Crippen LogP contribution is 1.96. The Morgan fingerprint density at radius 2 is 1.47 bits per heavy atom. The number of ketones is 1. The molecule has 0 saturated carbocycles. The van der Waals surface area contributed by atoms with Gasteiger partial charge in [0.2, 0.25) is 0 Å². The fourth-order valence-corrected chi connectivity index (χ4v) is 1.18. The number of unbranched alkanes of at least 4 members (excludes halogenated alkanes) is 3. The predicted molar refractivity (Wildman–Crippen MR) is 61.1 cm³/mol. The summed E-state index contributed by atoms with van der Waals surface area (Å²) in [6.45, 7) is 6.33. The van der Waals surface area contributed by atoms with Gasteiger partial charge in [-0.25, -0.2) is 0 Å². The first-order chi connectivity index (χ1) is 7.27. The van der Waals surface area contributed by atoms with Gasteiger partial charge in [-0.05, 0) is 26.2 Å². The maximum Gasteiger partial charge on any atom is 0.155 e. The zero-order valence-electron chi connectivity index (χ0n) is 10.1. The molecule has 0 aliphatic heterocycles. The van der Waals surface area contributed by atoms with Crippen molar-refractivity contribution in [1.29, 1.82) is 0 Å². The van der Waals surface area contributed by atoms with Gasteiger partial charge in [-0.1, -0.05) is 19.8 Å². The van der Waals surface area contributed by atoms with E-state index in [-0.39, 0.29) is 12.4 Å². The Morgan fingerprint density at radius 3 is 2.00 bits per heavy atom. The summed E-state index contributed by atoms with van der Waals surface area (Å²) in [5.74, 6) is 0.0887. The Balaban J connectivity index is 2.89. The standard InChI is InChI=1S/C12H24O3/c1-3-4-5-8-14-9-6-7-10-15-11-12(2)13/h3-11H2,1-2H3. The third-order valence-corrected chi connectivity index (χ3v) is 2.02. The van der Waals surface area contributed by atoms with Gasteiger partial charge in [-0.2, -0.15) is 0 Å². The second-order valence-electron chi connectivity index (χ2n) is 3.78. The smallest absolute Gasteiger partial charge is 0.155 e. The molecular weight excluding hydrogens is 192 g/mol. The van der Waals surface area contributed by atoms with E-state index in [1.54, 1.807) is 0 Å². The van der Waals surface area contributed by atoms with Crippen LogP contribution in [0.5, 0.6) is 0 Å². The van der Waals surface area contributed by atoms with Gasteiger partial charge in [-0.3, -0.25) is 4.79 Å². The Morgan fingerprint density at radius 1 is 0.933 bits per heavy atom. The molecule has 0 N–H and O–H groups in total. The molecule has 0 saturated heterocycles. The van der Waals surface area contributed by atoms with Crippen molar-refractivity contribution in [2.24, 2.45) is 0 Å². The number of carbonyl (C=O) groups excluding carboxylic acids is 1. The molecule has 3 heteroatoms. The quantitative estimate of drug-likeness (QED) is 0.498. The first kappa shape index (κ1) is 14.6. The van der Waals surface area contributed by atoms with Gasteiger partial charge in [-0.15, -0.1) is 0 Å². The van der Waals surface area contributed by atoms with Crippen LogP contribution in [0.15, 0.2) is 0 Å². The van der Waals surface area contributed by atoms with Crippen LogP contribution in [0.1, 0.15) is 46.0 Å². The topological polar surface area (TPSA) is 35.5 Å². The molecule has 0 radical (unpaired) electrons. The SMILES string of the molecule is CCCCCOCCCCOCC(C)=O. The summed E-state index contributed by atoms with van der Waals surface area (Å²) in [4.78, 5) is 10.5. The molecule has 15 heavy (non-hydrogen) atoms. The van der Waals surface area contributed by atoms with Gasteiger partial charge in [0.05, 0.1) is 0 Å². The summed E-state index contributed by atoms with van der Waals surface area (Å²) < 4.78 is 10.6. The Hall–Kier alpha value is -0.410. The number of Topliss-reactive ketones (excluding diaryl/α,β-unsaturated/α-hetero) is 1. The van der Waals surface area contributed by atoms with E-state index >= 15 is 0 Å². The number of carbonyl (C=O) groups is 1. The third kappa shape index (κ3) is 13.6. The van der Waals surface area contributed by atoms with E-state index in [9.17, 15) is 4.79 Å². The van der Waals surface area contributed by atoms with Crippen molar-refractivity contribution in [3.8, 4) is 0 Å². The molecule has 0 unspecified atom stereocenters. The molecular formula is C12H24O3. The molecule has 0 aliphatic rings. The van der Waals surface area contributed by atoms with Gasteiger partial charge in [0.1, 0.15) is 6.61 Å². The molecule has 0 atom stereocenters. The highest BCUT2D eigenvalue weighted by Gasteiger charge is 1.93. The zero-order valence-corrected chi connectivity index (χ0v) is 10.1. The van der Waals surface area contributed by atoms with Crippen LogP contribution in [0.25, 0.3) is 0 Å². The Kier molecular flexibility index (Phi) is 11.3. The van der Waals surface area contributed by atoms with Crippen LogP contribution in [0.4, 0.5) is 0 Å². The fourth-order valence-electron chi connectivity index (χ4n) is 1.18. The molecule has 0 heterocycles. The summed E-state index contributed by atoms with van der Waals surface area (Å²) >= 11 is 0. The lowest BCUT2D eigenvalue weighted by atomic mass is 10.3. The normalized spacial score (nSPS) is 10.5. The molecule has 0 rings (SSSR count). The summed E-state index contributed by atoms with van der Waals surface area (Å²) in [6.07, 6.45) is 5.65. The summed E-state index contributed by atoms with van der Waals surface area (Å²) in [7, 11) is 0. The van der Waals surface area contributed by atoms with E-state index in [1.165, 1.54) is 19.8 Å². The van der Waals surface area contributed by atoms with Crippen LogP contribution < -0.4 is 0 Å². The molecule has 0 fully saturated rings. The van der Waals surface area contributed by atoms with E-state index in [2.05, 4.69) is 6.92 Å². The largest absolute Gasteiger partial charge is 0.381 e. The zero-order chi connectivity index (χ0) is 11.4. The first-order valence-electron chi connectivity index (χ1n) is 5.92. The van der Waals surface area contributed by atoms with Crippen molar-refractivity contribution in [3.63, 3.8) is 0 Å². The predicted octanol–water partition coefficient (Wildman–Crippen LogP) is 2.58. The van der Waals surface area contributed by atoms with Crippen molar-refractivity contribution >= 4 is 5.78 Å². The van der Waals surface area contributed by atoms with Gasteiger partial charge in [0.15, 0.2) is 5.78 Å². The van der Waals surface area contributed by atoms with Gasteiger partial charge in [0, 0.05) is 19.8 Å². The number of hydrogen-bond acceptors (Lipinski definition) is 3. The Labute approximate surface area is 93.1 Å². The summed E-state index contributed by atoms with van der Waals surface area (Å²) in [6, 6.07) is 0. The molecule has 0 spiro atoms. The van der Waals surface area contributed by atoms with E-state index in [1.807, 2.05) is 0 Å². The second kappa shape index (κ2) is 11.7. The van der Waals surface area contributed by atoms with Crippen LogP contribution in [-0.2, 0) is 14.3 Å². The lowest BCUT2D eigenvalue weighted by molar-refractivity contribution is -0.121. The first-order valence-corrected chi connectivity index (χ1v) is 5.92. The molecule has 0 bridgehead atoms. The van der Waals surface area contributed by atoms with Crippen LogP contribution >= 0.6 is 0 Å². The van der Waals surface area contributed by atoms with E-state index < -0.39 is 0 Å². The van der Waals surface area contributed by atoms with Gasteiger partial charge in [0.25, 0.3) is 0 Å². The van der Waals surface area contributed by atoms with E-state index in [0.717, 1.165) is 32.5 Å². The fraction of sp³-hybridized carbons (Fsp3) is 0.917. The average Bonchev–Trinajstić information content (AvgIpc) is 2.20. The van der Waals surface area contributed by atoms with Crippen LogP contribution in [0.2, 0.25) is 0 Å². The van der Waals surface area contributed by atoms with Crippen molar-refractivity contribution in [2.75, 3.05) is 26.4 Å². The highest BCUT2D eigenvalue weighted by molar-refractivity contribution is 5.76. The molecule has 0 aromatic rings. The highest BCUT2D eigenvalue weighted by atomic mass is 16.5. The number of hydrogen-bond donors (Lipinski definition) is 0. The maximum atomic E-state index is 10.5. The monoisotopic (exact) mass is 216 g/mol. The van der Waals surface area contributed by atoms with Gasteiger partial charge >= 0.3 is 0 Å². The third-order valence-electron chi connectivity index (χ3n) is 2.02. The minimum absolute atomic E-state index is 0.0887. The lowest BCUT2D eigenvalue weighted by Gasteiger charge is -2.04. The second-order valence-corrected chi connectivity index (χ2v) is 3.78. The van der Waals surface area contributed by atoms with Crippen LogP contribution in [0.3, 0.4) is 0 Å². The van der Waals surface area contributed by atoms with Crippen LogP contribution in [-0.4, -0.2) is 32.2 Å². The average molecular weight is 216 g/mol. The van der Waals surface area contributed by atoms with Crippen molar-refractivity contribution < 1.29 is 14.3 Å². The molecule has 0 aromatic carbocycles. The van der Waals surface area contributed by atoms with Gasteiger partial charge < -0.3 is 9.47 Å². The number of ether oxygens (including phenoxy) is 2. The van der Waals surface area contributed by atoms with Crippen molar-refractivity contribution in [3.05, 3.63) is 0 Å². The van der Waals surface area contributed by atoms with Crippen molar-refractivity contribution in [2.45, 2.75) is 46.0 Å². The van der Waals surface area contributed by atoms with E-state index in [0.29, 0.717) is 6.61 Å². The number of rotatable bonds is 11. The van der Waals surface area contributed by atoms with Crippen molar-refractivity contribution in [1.82, 2.24) is 0 Å². The molecule has 0 aliphatic carbocycles.